The fourth-order valence-corrected chi connectivity index (χ4v) is 4.02. The van der Waals surface area contributed by atoms with Crippen molar-refractivity contribution >= 4 is 34.4 Å². The van der Waals surface area contributed by atoms with E-state index in [1.807, 2.05) is 35.2 Å². The van der Waals surface area contributed by atoms with Gasteiger partial charge in [-0.3, -0.25) is 14.6 Å². The second kappa shape index (κ2) is 8.96. The topological polar surface area (TPSA) is 78.5 Å². The molecule has 3 aromatic carbocycles. The molecule has 1 amide bonds. The van der Waals surface area contributed by atoms with Gasteiger partial charge in [0.05, 0.1) is 15.9 Å². The number of nitrogens with one attached hydrogen (secondary N) is 1. The molecule has 0 saturated carbocycles. The Bertz CT molecular complexity index is 1360. The van der Waals surface area contributed by atoms with Crippen LogP contribution in [0.2, 0.25) is 5.02 Å². The van der Waals surface area contributed by atoms with E-state index >= 15 is 0 Å². The lowest BCUT2D eigenvalue weighted by molar-refractivity contribution is 0.0746. The molecule has 2 heterocycles. The van der Waals surface area contributed by atoms with E-state index in [0.29, 0.717) is 65.1 Å². The molecule has 0 aliphatic carbocycles. The summed E-state index contributed by atoms with van der Waals surface area (Å²) in [6, 6.07) is 21.5. The van der Waals surface area contributed by atoms with Gasteiger partial charge in [0.2, 0.25) is 5.95 Å². The summed E-state index contributed by atoms with van der Waals surface area (Å²) in [6.07, 6.45) is 0. The zero-order chi connectivity index (χ0) is 22.8. The fraction of sp³-hybridized carbons (Fsp3) is 0.160. The number of anilines is 1. The summed E-state index contributed by atoms with van der Waals surface area (Å²) in [5, 5.41) is 1.09. The van der Waals surface area contributed by atoms with Crippen LogP contribution >= 0.6 is 11.6 Å². The Hall–Kier alpha value is -3.84. The number of para-hydroxylation sites is 2. The van der Waals surface area contributed by atoms with Gasteiger partial charge in [-0.05, 0) is 48.5 Å². The molecule has 1 fully saturated rings. The molecule has 0 bridgehead atoms. The van der Waals surface area contributed by atoms with Crippen LogP contribution in [0.15, 0.2) is 77.6 Å². The fourth-order valence-electron chi connectivity index (χ4n) is 3.85. The minimum absolute atomic E-state index is 0.0427. The Morgan fingerprint density at radius 3 is 2.36 bits per heavy atom. The predicted molar refractivity (Wildman–Crippen MR) is 128 cm³/mol. The lowest BCUT2D eigenvalue weighted by Gasteiger charge is -2.35. The van der Waals surface area contributed by atoms with Gasteiger partial charge in [-0.25, -0.2) is 4.98 Å². The molecule has 1 aliphatic heterocycles. The Morgan fingerprint density at radius 2 is 1.61 bits per heavy atom. The van der Waals surface area contributed by atoms with E-state index in [2.05, 4.69) is 9.97 Å². The van der Waals surface area contributed by atoms with Crippen LogP contribution in [-0.4, -0.2) is 47.0 Å². The highest BCUT2D eigenvalue weighted by Gasteiger charge is 2.23. The second-order valence-electron chi connectivity index (χ2n) is 7.74. The Kier molecular flexibility index (Phi) is 5.71. The van der Waals surface area contributed by atoms with Crippen LogP contribution in [0.25, 0.3) is 10.9 Å². The molecule has 4 aromatic rings. The highest BCUT2D eigenvalue weighted by molar-refractivity contribution is 6.32. The number of hydrogen-bond donors (Lipinski definition) is 1. The molecule has 0 unspecified atom stereocenters. The Morgan fingerprint density at radius 1 is 0.909 bits per heavy atom. The number of carbonyl (C=O) groups excluding carboxylic acids is 1. The molecule has 0 atom stereocenters. The molecular weight excluding hydrogens is 440 g/mol. The van der Waals surface area contributed by atoms with E-state index in [1.54, 1.807) is 47.4 Å². The second-order valence-corrected chi connectivity index (χ2v) is 8.15. The molecular formula is C25H21ClN4O3. The van der Waals surface area contributed by atoms with Gasteiger partial charge >= 0.3 is 0 Å². The van der Waals surface area contributed by atoms with Crippen molar-refractivity contribution in [1.82, 2.24) is 14.9 Å². The molecule has 1 aliphatic rings. The van der Waals surface area contributed by atoms with Crippen molar-refractivity contribution in [2.24, 2.45) is 0 Å². The first-order valence-electron chi connectivity index (χ1n) is 10.6. The molecule has 5 rings (SSSR count). The normalized spacial score (nSPS) is 13.8. The number of benzene rings is 3. The molecule has 1 saturated heterocycles. The number of aromatic amines is 1. The quantitative estimate of drug-likeness (QED) is 0.490. The molecule has 166 valence electrons. The standard InChI is InChI=1S/C25H21ClN4O3/c26-20-6-2-4-8-22(20)33-18-11-9-17(10-12-18)24(32)29-13-15-30(16-14-29)25-27-21-7-3-1-5-19(21)23(31)28-25/h1-12H,13-16H2,(H,27,28,31). The van der Waals surface area contributed by atoms with Crippen molar-refractivity contribution in [2.45, 2.75) is 0 Å². The summed E-state index contributed by atoms with van der Waals surface area (Å²) in [6.45, 7) is 2.24. The summed E-state index contributed by atoms with van der Waals surface area (Å²) in [7, 11) is 0. The number of nitrogens with zero attached hydrogens (tertiary/aromatic N) is 3. The van der Waals surface area contributed by atoms with Crippen molar-refractivity contribution in [3.8, 4) is 11.5 Å². The van der Waals surface area contributed by atoms with Gasteiger partial charge in [0.25, 0.3) is 11.5 Å². The third kappa shape index (κ3) is 4.40. The largest absolute Gasteiger partial charge is 0.456 e. The first-order chi connectivity index (χ1) is 16.1. The number of ether oxygens (including phenoxy) is 1. The summed E-state index contributed by atoms with van der Waals surface area (Å²) in [5.74, 6) is 1.66. The summed E-state index contributed by atoms with van der Waals surface area (Å²) in [4.78, 5) is 36.6. The van der Waals surface area contributed by atoms with Gasteiger partial charge in [-0.2, -0.15) is 0 Å². The number of fused-ring (bicyclic) bond motifs is 1. The van der Waals surface area contributed by atoms with Crippen molar-refractivity contribution in [3.63, 3.8) is 0 Å². The van der Waals surface area contributed by atoms with Gasteiger partial charge < -0.3 is 14.5 Å². The number of piperazine rings is 1. The maximum Gasteiger partial charge on any atom is 0.260 e. The van der Waals surface area contributed by atoms with Gasteiger partial charge in [0, 0.05) is 31.7 Å². The maximum absolute atomic E-state index is 13.0. The number of aromatic nitrogens is 2. The first-order valence-corrected chi connectivity index (χ1v) is 11.0. The number of hydrogen-bond acceptors (Lipinski definition) is 5. The average Bonchev–Trinajstić information content (AvgIpc) is 2.85. The predicted octanol–water partition coefficient (Wildman–Crippen LogP) is 4.33. The highest BCUT2D eigenvalue weighted by atomic mass is 35.5. The van der Waals surface area contributed by atoms with E-state index in [4.69, 9.17) is 16.3 Å². The minimum Gasteiger partial charge on any atom is -0.456 e. The van der Waals surface area contributed by atoms with Crippen LogP contribution in [0.4, 0.5) is 5.95 Å². The van der Waals surface area contributed by atoms with Crippen LogP contribution in [-0.2, 0) is 0 Å². The molecule has 1 N–H and O–H groups in total. The summed E-state index contributed by atoms with van der Waals surface area (Å²) < 4.78 is 5.79. The third-order valence-electron chi connectivity index (χ3n) is 5.63. The number of halogens is 1. The Balaban J connectivity index is 1.23. The van der Waals surface area contributed by atoms with E-state index in [-0.39, 0.29) is 11.5 Å². The molecule has 7 nitrogen and oxygen atoms in total. The van der Waals surface area contributed by atoms with Crippen LogP contribution in [0.5, 0.6) is 11.5 Å². The smallest absolute Gasteiger partial charge is 0.260 e. The van der Waals surface area contributed by atoms with Gasteiger partial charge in [-0.1, -0.05) is 35.9 Å². The Labute approximate surface area is 195 Å². The van der Waals surface area contributed by atoms with Gasteiger partial charge in [0.1, 0.15) is 11.5 Å². The minimum atomic E-state index is -0.159. The SMILES string of the molecule is O=C(c1ccc(Oc2ccccc2Cl)cc1)N1CCN(c2nc3ccccc3c(=O)[nH]2)CC1. The maximum atomic E-state index is 13.0. The number of rotatable bonds is 4. The number of H-pyrrole nitrogens is 1. The molecule has 33 heavy (non-hydrogen) atoms. The van der Waals surface area contributed by atoms with E-state index in [0.717, 1.165) is 0 Å². The lowest BCUT2D eigenvalue weighted by Crippen LogP contribution is -2.49. The number of amides is 1. The van der Waals surface area contributed by atoms with Crippen molar-refractivity contribution in [1.29, 1.82) is 0 Å². The van der Waals surface area contributed by atoms with E-state index in [1.165, 1.54) is 0 Å². The summed E-state index contributed by atoms with van der Waals surface area (Å²) in [5.41, 5.74) is 1.09. The van der Waals surface area contributed by atoms with Crippen LogP contribution < -0.4 is 15.2 Å². The van der Waals surface area contributed by atoms with Crippen LogP contribution in [0.3, 0.4) is 0 Å². The average molecular weight is 461 g/mol. The first kappa shape index (κ1) is 21.0. The van der Waals surface area contributed by atoms with E-state index in [9.17, 15) is 9.59 Å². The van der Waals surface area contributed by atoms with Crippen molar-refractivity contribution in [2.75, 3.05) is 31.1 Å². The zero-order valence-corrected chi connectivity index (χ0v) is 18.5. The van der Waals surface area contributed by atoms with Crippen LogP contribution in [0, 0.1) is 0 Å². The highest BCUT2D eigenvalue weighted by Crippen LogP contribution is 2.29. The monoisotopic (exact) mass is 460 g/mol. The third-order valence-corrected chi connectivity index (χ3v) is 5.94. The van der Waals surface area contributed by atoms with Gasteiger partial charge in [-0.15, -0.1) is 0 Å². The van der Waals surface area contributed by atoms with E-state index < -0.39 is 0 Å². The van der Waals surface area contributed by atoms with Crippen molar-refractivity contribution < 1.29 is 9.53 Å². The molecule has 0 spiro atoms. The lowest BCUT2D eigenvalue weighted by atomic mass is 10.1. The molecule has 8 heteroatoms. The zero-order valence-electron chi connectivity index (χ0n) is 17.7. The summed E-state index contributed by atoms with van der Waals surface area (Å²) >= 11 is 6.14. The van der Waals surface area contributed by atoms with Crippen molar-refractivity contribution in [3.05, 3.63) is 93.7 Å². The molecule has 0 radical (unpaired) electrons. The molecule has 1 aromatic heterocycles. The van der Waals surface area contributed by atoms with Crippen LogP contribution in [0.1, 0.15) is 10.4 Å². The number of carbonyl (C=O) groups is 1. The van der Waals surface area contributed by atoms with Gasteiger partial charge in [0.15, 0.2) is 0 Å².